The average Bonchev–Trinajstić information content (AvgIpc) is 2.16. The minimum absolute atomic E-state index is 0.357. The Morgan fingerprint density at radius 1 is 1.43 bits per heavy atom. The lowest BCUT2D eigenvalue weighted by Crippen LogP contribution is -2.23. The van der Waals surface area contributed by atoms with Gasteiger partial charge in [-0.15, -0.1) is 0 Å². The molecule has 1 rings (SSSR count). The lowest BCUT2D eigenvalue weighted by molar-refractivity contribution is -0.142. The topological polar surface area (TPSA) is 52.3 Å². The molecule has 0 spiro atoms. The maximum atomic E-state index is 11.2. The lowest BCUT2D eigenvalue weighted by Gasteiger charge is -2.12. The summed E-state index contributed by atoms with van der Waals surface area (Å²) in [6.45, 7) is 0. The fourth-order valence-corrected chi connectivity index (χ4v) is 1.69. The van der Waals surface area contributed by atoms with Gasteiger partial charge in [0, 0.05) is 15.6 Å². The summed E-state index contributed by atoms with van der Waals surface area (Å²) in [5.41, 5.74) is 6.00. The van der Waals surface area contributed by atoms with Crippen LogP contribution in [0.15, 0.2) is 18.2 Å². The third-order valence-corrected chi connectivity index (χ3v) is 2.43. The van der Waals surface area contributed by atoms with Crippen molar-refractivity contribution in [3.05, 3.63) is 33.8 Å². The van der Waals surface area contributed by atoms with Crippen LogP contribution < -0.4 is 5.73 Å². The van der Waals surface area contributed by atoms with Crippen LogP contribution in [0.1, 0.15) is 11.6 Å². The van der Waals surface area contributed by atoms with Crippen LogP contribution in [0.5, 0.6) is 0 Å². The molecule has 14 heavy (non-hydrogen) atoms. The number of benzene rings is 1. The van der Waals surface area contributed by atoms with E-state index in [1.165, 1.54) is 7.11 Å². The van der Waals surface area contributed by atoms with Crippen LogP contribution in [0.2, 0.25) is 10.0 Å². The number of ether oxygens (including phenoxy) is 1. The van der Waals surface area contributed by atoms with Crippen molar-refractivity contribution in [3.8, 4) is 0 Å². The highest BCUT2D eigenvalue weighted by molar-refractivity contribution is 6.36. The molecule has 0 radical (unpaired) electrons. The van der Waals surface area contributed by atoms with Gasteiger partial charge in [-0.25, -0.2) is 0 Å². The van der Waals surface area contributed by atoms with Crippen molar-refractivity contribution in [2.45, 2.75) is 6.04 Å². The van der Waals surface area contributed by atoms with Gasteiger partial charge in [-0.3, -0.25) is 4.79 Å². The molecule has 0 aliphatic carbocycles. The molecular formula is C9H9Cl2NO2. The second kappa shape index (κ2) is 4.64. The van der Waals surface area contributed by atoms with Crippen LogP contribution in [0.4, 0.5) is 0 Å². The number of nitrogens with two attached hydrogens (primary N) is 1. The van der Waals surface area contributed by atoms with Crippen molar-refractivity contribution in [2.75, 3.05) is 7.11 Å². The van der Waals surface area contributed by atoms with E-state index in [2.05, 4.69) is 4.74 Å². The molecule has 2 N–H and O–H groups in total. The molecule has 1 unspecified atom stereocenters. The Kier molecular flexibility index (Phi) is 3.75. The zero-order valence-corrected chi connectivity index (χ0v) is 8.97. The molecule has 5 heteroatoms. The van der Waals surface area contributed by atoms with Gasteiger partial charge in [-0.05, 0) is 12.1 Å². The normalized spacial score (nSPS) is 12.3. The van der Waals surface area contributed by atoms with Gasteiger partial charge in [-0.2, -0.15) is 0 Å². The van der Waals surface area contributed by atoms with Crippen molar-refractivity contribution in [3.63, 3.8) is 0 Å². The molecule has 0 bridgehead atoms. The Morgan fingerprint density at radius 2 is 1.93 bits per heavy atom. The van der Waals surface area contributed by atoms with Crippen molar-refractivity contribution in [1.82, 2.24) is 0 Å². The van der Waals surface area contributed by atoms with E-state index in [4.69, 9.17) is 28.9 Å². The minimum atomic E-state index is -0.943. The summed E-state index contributed by atoms with van der Waals surface area (Å²) < 4.78 is 4.50. The Balaban J connectivity index is 3.11. The average molecular weight is 234 g/mol. The van der Waals surface area contributed by atoms with Crippen molar-refractivity contribution >= 4 is 29.2 Å². The van der Waals surface area contributed by atoms with Crippen LogP contribution in [-0.2, 0) is 9.53 Å². The highest BCUT2D eigenvalue weighted by atomic mass is 35.5. The summed E-state index contributed by atoms with van der Waals surface area (Å²) in [6.07, 6.45) is 0. The van der Waals surface area contributed by atoms with Crippen molar-refractivity contribution in [2.24, 2.45) is 5.73 Å². The van der Waals surface area contributed by atoms with E-state index in [1.807, 2.05) is 0 Å². The number of hydrogen-bond acceptors (Lipinski definition) is 3. The minimum Gasteiger partial charge on any atom is -0.468 e. The smallest absolute Gasteiger partial charge is 0.327 e. The molecule has 76 valence electrons. The molecule has 0 amide bonds. The van der Waals surface area contributed by atoms with Gasteiger partial charge in [-0.1, -0.05) is 29.3 Å². The van der Waals surface area contributed by atoms with Gasteiger partial charge < -0.3 is 10.5 Å². The predicted molar refractivity (Wildman–Crippen MR) is 55.4 cm³/mol. The molecule has 0 heterocycles. The quantitative estimate of drug-likeness (QED) is 0.797. The fourth-order valence-electron chi connectivity index (χ4n) is 1.05. The first kappa shape index (κ1) is 11.3. The monoisotopic (exact) mass is 233 g/mol. The Morgan fingerprint density at radius 3 is 2.36 bits per heavy atom. The summed E-state index contributed by atoms with van der Waals surface area (Å²) in [7, 11) is 1.26. The van der Waals surface area contributed by atoms with Gasteiger partial charge in [0.1, 0.15) is 6.04 Å². The predicted octanol–water partition coefficient (Wildman–Crippen LogP) is 2.17. The van der Waals surface area contributed by atoms with E-state index < -0.39 is 12.0 Å². The van der Waals surface area contributed by atoms with E-state index in [0.29, 0.717) is 15.6 Å². The number of rotatable bonds is 2. The van der Waals surface area contributed by atoms with Crippen molar-refractivity contribution in [1.29, 1.82) is 0 Å². The highest BCUT2D eigenvalue weighted by Crippen LogP contribution is 2.29. The molecule has 1 aromatic carbocycles. The fraction of sp³-hybridized carbons (Fsp3) is 0.222. The molecular weight excluding hydrogens is 225 g/mol. The van der Waals surface area contributed by atoms with Crippen molar-refractivity contribution < 1.29 is 9.53 Å². The summed E-state index contributed by atoms with van der Waals surface area (Å²) in [4.78, 5) is 11.2. The molecule has 1 atom stereocenters. The highest BCUT2D eigenvalue weighted by Gasteiger charge is 2.21. The molecule has 0 aromatic heterocycles. The van der Waals surface area contributed by atoms with Crippen LogP contribution in [0, 0.1) is 0 Å². The maximum Gasteiger partial charge on any atom is 0.327 e. The molecule has 0 saturated heterocycles. The Hall–Kier alpha value is -0.770. The first-order valence-corrected chi connectivity index (χ1v) is 4.61. The standard InChI is InChI=1S/C9H9Cl2NO2/c1-14-9(13)8(12)7-5(10)3-2-4-6(7)11/h2-4,8H,12H2,1H3. The van der Waals surface area contributed by atoms with E-state index in [9.17, 15) is 4.79 Å². The van der Waals surface area contributed by atoms with Gasteiger partial charge >= 0.3 is 5.97 Å². The molecule has 1 aromatic rings. The molecule has 0 saturated carbocycles. The molecule has 0 aliphatic rings. The molecule has 3 nitrogen and oxygen atoms in total. The van der Waals surface area contributed by atoms with E-state index >= 15 is 0 Å². The maximum absolute atomic E-state index is 11.2. The second-order valence-corrected chi connectivity index (χ2v) is 3.45. The third kappa shape index (κ3) is 2.18. The summed E-state index contributed by atoms with van der Waals surface area (Å²) in [6, 6.07) is 3.97. The number of carbonyl (C=O) groups is 1. The van der Waals surface area contributed by atoms with E-state index in [1.54, 1.807) is 18.2 Å². The first-order chi connectivity index (χ1) is 6.57. The molecule has 0 fully saturated rings. The summed E-state index contributed by atoms with van der Waals surface area (Å²) >= 11 is 11.7. The van der Waals surface area contributed by atoms with Crippen LogP contribution in [0.25, 0.3) is 0 Å². The first-order valence-electron chi connectivity index (χ1n) is 3.85. The van der Waals surface area contributed by atoms with Gasteiger partial charge in [0.25, 0.3) is 0 Å². The SMILES string of the molecule is COC(=O)C(N)c1c(Cl)cccc1Cl. The van der Waals surface area contributed by atoms with Gasteiger partial charge in [0.2, 0.25) is 0 Å². The van der Waals surface area contributed by atoms with Crippen LogP contribution >= 0.6 is 23.2 Å². The van der Waals surface area contributed by atoms with E-state index in [0.717, 1.165) is 0 Å². The summed E-state index contributed by atoms with van der Waals surface area (Å²) in [5.74, 6) is -0.569. The Bertz CT molecular complexity index is 334. The lowest BCUT2D eigenvalue weighted by atomic mass is 10.1. The second-order valence-electron chi connectivity index (χ2n) is 2.64. The number of esters is 1. The largest absolute Gasteiger partial charge is 0.468 e. The van der Waals surface area contributed by atoms with E-state index in [-0.39, 0.29) is 0 Å². The zero-order chi connectivity index (χ0) is 10.7. The van der Waals surface area contributed by atoms with Crippen LogP contribution in [0.3, 0.4) is 0 Å². The summed E-state index contributed by atoms with van der Waals surface area (Å²) in [5, 5.41) is 0.714. The number of hydrogen-bond donors (Lipinski definition) is 1. The number of methoxy groups -OCH3 is 1. The number of halogens is 2. The van der Waals surface area contributed by atoms with Crippen LogP contribution in [-0.4, -0.2) is 13.1 Å². The molecule has 0 aliphatic heterocycles. The Labute approximate surface area is 91.7 Å². The number of carbonyl (C=O) groups excluding carboxylic acids is 1. The van der Waals surface area contributed by atoms with Gasteiger partial charge in [0.15, 0.2) is 0 Å². The zero-order valence-electron chi connectivity index (χ0n) is 7.46. The van der Waals surface area contributed by atoms with Gasteiger partial charge in [0.05, 0.1) is 7.11 Å². The third-order valence-electron chi connectivity index (χ3n) is 1.77.